The van der Waals surface area contributed by atoms with E-state index in [1.807, 2.05) is 0 Å². The number of ether oxygens (including phenoxy) is 1. The van der Waals surface area contributed by atoms with Gasteiger partial charge in [-0.3, -0.25) is 0 Å². The first-order valence-electron chi connectivity index (χ1n) is 20.2. The SMILES string of the molecule is CC12C=CC=C(c3cccc(C4C=CC(N(c5ccc(-c6ccccc6)cc5)c5ccc(-c6ccccc6)cc5)=CC4)c3)C1OC1=C2C=CCC1c1ccccc1. The second-order valence-corrected chi connectivity index (χ2v) is 15.8. The fraction of sp³-hybridized carbons (Fsp3) is 0.127. The van der Waals surface area contributed by atoms with Crippen LogP contribution < -0.4 is 4.90 Å². The molecule has 0 radical (unpaired) electrons. The Hall–Kier alpha value is -6.64. The lowest BCUT2D eigenvalue weighted by Crippen LogP contribution is -2.31. The van der Waals surface area contributed by atoms with E-state index in [1.165, 1.54) is 55.8 Å². The molecule has 0 spiro atoms. The van der Waals surface area contributed by atoms with Gasteiger partial charge in [0.1, 0.15) is 11.9 Å². The number of allylic oxidation sites excluding steroid dienone is 8. The fourth-order valence-electron chi connectivity index (χ4n) is 9.19. The minimum atomic E-state index is -0.218. The van der Waals surface area contributed by atoms with Crippen LogP contribution in [0.15, 0.2) is 229 Å². The van der Waals surface area contributed by atoms with Crippen LogP contribution in [0.3, 0.4) is 0 Å². The van der Waals surface area contributed by atoms with Crippen molar-refractivity contribution in [3.63, 3.8) is 0 Å². The molecule has 1 aliphatic heterocycles. The largest absolute Gasteiger partial charge is 0.488 e. The molecule has 0 amide bonds. The third-order valence-electron chi connectivity index (χ3n) is 12.3. The summed E-state index contributed by atoms with van der Waals surface area (Å²) < 4.78 is 7.06. The topological polar surface area (TPSA) is 12.5 Å². The molecule has 1 heterocycles. The molecule has 0 saturated heterocycles. The Bertz CT molecular complexity index is 2510. The number of hydrogen-bond acceptors (Lipinski definition) is 2. The number of anilines is 2. The molecule has 0 aromatic heterocycles. The van der Waals surface area contributed by atoms with Crippen molar-refractivity contribution in [3.05, 3.63) is 246 Å². The normalized spacial score (nSPS) is 21.9. The number of benzene rings is 6. The lowest BCUT2D eigenvalue weighted by Gasteiger charge is -2.33. The third kappa shape index (κ3) is 6.51. The highest BCUT2D eigenvalue weighted by atomic mass is 16.5. The molecule has 10 rings (SSSR count). The number of fused-ring (bicyclic) bond motifs is 2. The molecular weight excluding hydrogens is 691 g/mol. The lowest BCUT2D eigenvalue weighted by molar-refractivity contribution is 0.128. The van der Waals surface area contributed by atoms with Crippen LogP contribution in [0.4, 0.5) is 11.4 Å². The summed E-state index contributed by atoms with van der Waals surface area (Å²) in [6, 6.07) is 59.1. The van der Waals surface area contributed by atoms with Crippen molar-refractivity contribution in [1.29, 1.82) is 0 Å². The number of nitrogens with zero attached hydrogens (tertiary/aromatic N) is 1. The van der Waals surface area contributed by atoms with Crippen molar-refractivity contribution >= 4 is 16.9 Å². The molecule has 276 valence electrons. The molecule has 3 aliphatic carbocycles. The molecular formula is C55H45NO. The molecule has 6 aromatic rings. The van der Waals surface area contributed by atoms with Gasteiger partial charge in [0.15, 0.2) is 0 Å². The van der Waals surface area contributed by atoms with Gasteiger partial charge in [0.05, 0.1) is 5.41 Å². The van der Waals surface area contributed by atoms with Crippen molar-refractivity contribution < 1.29 is 4.74 Å². The number of hydrogen-bond donors (Lipinski definition) is 0. The minimum absolute atomic E-state index is 0.0692. The molecule has 57 heavy (non-hydrogen) atoms. The number of rotatable bonds is 8. The van der Waals surface area contributed by atoms with Crippen molar-refractivity contribution in [2.75, 3.05) is 4.90 Å². The molecule has 6 aromatic carbocycles. The molecule has 0 saturated carbocycles. The fourth-order valence-corrected chi connectivity index (χ4v) is 9.19. The summed E-state index contributed by atoms with van der Waals surface area (Å²) in [4.78, 5) is 2.38. The first-order valence-corrected chi connectivity index (χ1v) is 20.2. The first kappa shape index (κ1) is 34.8. The van der Waals surface area contributed by atoms with E-state index in [-0.39, 0.29) is 23.4 Å². The van der Waals surface area contributed by atoms with Gasteiger partial charge in [-0.1, -0.05) is 182 Å². The van der Waals surface area contributed by atoms with Crippen LogP contribution in [0.1, 0.15) is 48.3 Å². The Morgan fingerprint density at radius 3 is 1.77 bits per heavy atom. The monoisotopic (exact) mass is 735 g/mol. The van der Waals surface area contributed by atoms with Gasteiger partial charge in [-0.15, -0.1) is 0 Å². The minimum Gasteiger partial charge on any atom is -0.488 e. The van der Waals surface area contributed by atoms with Crippen LogP contribution in [-0.2, 0) is 4.74 Å². The highest BCUT2D eigenvalue weighted by molar-refractivity contribution is 5.78. The van der Waals surface area contributed by atoms with Gasteiger partial charge in [0, 0.05) is 40.1 Å². The van der Waals surface area contributed by atoms with Gasteiger partial charge in [0.2, 0.25) is 0 Å². The van der Waals surface area contributed by atoms with Crippen LogP contribution in [0.25, 0.3) is 27.8 Å². The van der Waals surface area contributed by atoms with E-state index in [0.717, 1.165) is 30.0 Å². The van der Waals surface area contributed by atoms with E-state index in [2.05, 4.69) is 224 Å². The summed E-state index contributed by atoms with van der Waals surface area (Å²) in [5.74, 6) is 1.64. The maximum absolute atomic E-state index is 7.06. The summed E-state index contributed by atoms with van der Waals surface area (Å²) in [6.45, 7) is 2.34. The van der Waals surface area contributed by atoms with Crippen LogP contribution >= 0.6 is 0 Å². The zero-order chi connectivity index (χ0) is 38.2. The Balaban J connectivity index is 0.922. The van der Waals surface area contributed by atoms with Crippen LogP contribution in [0.2, 0.25) is 0 Å². The molecule has 0 bridgehead atoms. The van der Waals surface area contributed by atoms with E-state index >= 15 is 0 Å². The summed E-state index contributed by atoms with van der Waals surface area (Å²) in [6.07, 6.45) is 20.4. The highest BCUT2D eigenvalue weighted by Gasteiger charge is 2.49. The first-order chi connectivity index (χ1) is 28.1. The third-order valence-corrected chi connectivity index (χ3v) is 12.3. The van der Waals surface area contributed by atoms with Crippen molar-refractivity contribution in [2.24, 2.45) is 5.41 Å². The van der Waals surface area contributed by atoms with Gasteiger partial charge < -0.3 is 9.64 Å². The Kier molecular flexibility index (Phi) is 9.03. The van der Waals surface area contributed by atoms with E-state index in [1.54, 1.807) is 0 Å². The molecule has 4 atom stereocenters. The second kappa shape index (κ2) is 14.8. The summed E-state index contributed by atoms with van der Waals surface area (Å²) in [5.41, 5.74) is 14.5. The maximum atomic E-state index is 7.06. The molecule has 4 unspecified atom stereocenters. The van der Waals surface area contributed by atoms with E-state index in [0.29, 0.717) is 0 Å². The van der Waals surface area contributed by atoms with Gasteiger partial charge in [-0.25, -0.2) is 0 Å². The van der Waals surface area contributed by atoms with Crippen LogP contribution in [0.5, 0.6) is 0 Å². The molecule has 4 aliphatic rings. The van der Waals surface area contributed by atoms with Crippen molar-refractivity contribution in [1.82, 2.24) is 0 Å². The molecule has 2 heteroatoms. The maximum Gasteiger partial charge on any atom is 0.137 e. The van der Waals surface area contributed by atoms with Gasteiger partial charge in [-0.05, 0) is 89.1 Å². The smallest absolute Gasteiger partial charge is 0.137 e. The Morgan fingerprint density at radius 1 is 0.579 bits per heavy atom. The second-order valence-electron chi connectivity index (χ2n) is 15.8. The molecule has 0 fully saturated rings. The predicted molar refractivity (Wildman–Crippen MR) is 237 cm³/mol. The zero-order valence-corrected chi connectivity index (χ0v) is 32.2. The Morgan fingerprint density at radius 2 is 1.16 bits per heavy atom. The quantitative estimate of drug-likeness (QED) is 0.154. The molecule has 0 N–H and O–H groups in total. The standard InChI is InChI=1S/C55H45NO/c1-55-37-13-23-51(54(55)57-53-50(22-12-24-52(53)55)44-18-9-4-10-19-44)46-21-11-20-45(38-46)43-29-35-49(36-30-43)56(47-31-25-41(26-32-47)39-14-5-2-6-15-39)48-33-27-42(28-34-48)40-16-7-3-8-17-40/h2-21,23-29,31-38,43,50,54H,22,30H2,1H3. The van der Waals surface area contributed by atoms with E-state index in [9.17, 15) is 0 Å². The summed E-state index contributed by atoms with van der Waals surface area (Å²) >= 11 is 0. The van der Waals surface area contributed by atoms with Gasteiger partial charge in [-0.2, -0.15) is 0 Å². The van der Waals surface area contributed by atoms with Gasteiger partial charge in [0.25, 0.3) is 0 Å². The zero-order valence-electron chi connectivity index (χ0n) is 32.2. The average molecular weight is 736 g/mol. The summed E-state index contributed by atoms with van der Waals surface area (Å²) in [7, 11) is 0. The van der Waals surface area contributed by atoms with E-state index in [4.69, 9.17) is 4.74 Å². The highest BCUT2D eigenvalue weighted by Crippen LogP contribution is 2.55. The van der Waals surface area contributed by atoms with Crippen LogP contribution in [-0.4, -0.2) is 6.10 Å². The lowest BCUT2D eigenvalue weighted by atomic mass is 9.70. The Labute approximate surface area is 336 Å². The van der Waals surface area contributed by atoms with Crippen molar-refractivity contribution in [3.8, 4) is 22.3 Å². The molecule has 2 nitrogen and oxygen atoms in total. The summed E-state index contributed by atoms with van der Waals surface area (Å²) in [5, 5.41) is 0. The predicted octanol–water partition coefficient (Wildman–Crippen LogP) is 14.1. The van der Waals surface area contributed by atoms with Crippen molar-refractivity contribution in [2.45, 2.75) is 37.7 Å². The van der Waals surface area contributed by atoms with Crippen LogP contribution in [0, 0.1) is 5.41 Å². The van der Waals surface area contributed by atoms with E-state index < -0.39 is 0 Å². The van der Waals surface area contributed by atoms with Gasteiger partial charge >= 0.3 is 0 Å². The average Bonchev–Trinajstić information content (AvgIpc) is 3.60.